The number of nitrogens with one attached hydrogen (secondary N) is 2. The smallest absolute Gasteiger partial charge is 0.406 e. The van der Waals surface area contributed by atoms with Crippen LogP contribution in [0.1, 0.15) is 24.1 Å². The largest absolute Gasteiger partial charge is 0.495 e. The standard InChI is InChI=1S/C28H33F3N4OS/c1-19-24(9-6-14-32-22-11-10-21(37-4)17-26(22)36-3)35(18-28(29,30)31)25-8-5-7-23(27(19)25)33-20-12-15-34(2)16-13-20/h5,7-8,10-11,17,20,32-33H,12-16,18H2,1-4H3. The van der Waals surface area contributed by atoms with E-state index in [0.29, 0.717) is 23.0 Å². The first-order chi connectivity index (χ1) is 17.7. The maximum atomic E-state index is 13.6. The lowest BCUT2D eigenvalue weighted by atomic mass is 10.0. The number of ether oxygens (including phenoxy) is 1. The van der Waals surface area contributed by atoms with Crippen molar-refractivity contribution in [3.63, 3.8) is 0 Å². The lowest BCUT2D eigenvalue weighted by Gasteiger charge is -2.30. The summed E-state index contributed by atoms with van der Waals surface area (Å²) in [6.45, 7) is 3.03. The molecule has 3 aromatic rings. The van der Waals surface area contributed by atoms with Crippen LogP contribution in [0.3, 0.4) is 0 Å². The fourth-order valence-corrected chi connectivity index (χ4v) is 5.24. The number of likely N-dealkylation sites (tertiary alicyclic amines) is 1. The third kappa shape index (κ3) is 6.49. The summed E-state index contributed by atoms with van der Waals surface area (Å²) in [6.07, 6.45) is -0.384. The fraction of sp³-hybridized carbons (Fsp3) is 0.429. The van der Waals surface area contributed by atoms with Crippen molar-refractivity contribution in [3.05, 3.63) is 47.7 Å². The van der Waals surface area contributed by atoms with Gasteiger partial charge in [0.05, 0.1) is 30.6 Å². The van der Waals surface area contributed by atoms with Crippen LogP contribution in [0.2, 0.25) is 0 Å². The molecule has 0 aliphatic carbocycles. The van der Waals surface area contributed by atoms with Gasteiger partial charge in [-0.3, -0.25) is 0 Å². The summed E-state index contributed by atoms with van der Waals surface area (Å²) in [6, 6.07) is 11.6. The molecule has 4 rings (SSSR count). The van der Waals surface area contributed by atoms with Crippen molar-refractivity contribution in [3.8, 4) is 17.6 Å². The number of hydrogen-bond donors (Lipinski definition) is 2. The molecule has 9 heteroatoms. The Kier molecular flexibility index (Phi) is 8.50. The zero-order valence-electron chi connectivity index (χ0n) is 21.6. The quantitative estimate of drug-likeness (QED) is 0.281. The average molecular weight is 531 g/mol. The van der Waals surface area contributed by atoms with Gasteiger partial charge in [0.2, 0.25) is 0 Å². The third-order valence-electron chi connectivity index (χ3n) is 6.73. The third-order valence-corrected chi connectivity index (χ3v) is 7.46. The van der Waals surface area contributed by atoms with Gasteiger partial charge in [-0.1, -0.05) is 12.0 Å². The number of methoxy groups -OCH3 is 1. The van der Waals surface area contributed by atoms with Crippen molar-refractivity contribution >= 4 is 34.0 Å². The zero-order chi connectivity index (χ0) is 26.6. The number of aryl methyl sites for hydroxylation is 1. The van der Waals surface area contributed by atoms with Crippen LogP contribution in [0, 0.1) is 18.8 Å². The molecule has 0 radical (unpaired) electrons. The predicted molar refractivity (Wildman–Crippen MR) is 147 cm³/mol. The van der Waals surface area contributed by atoms with Crippen molar-refractivity contribution in [2.24, 2.45) is 0 Å². The maximum absolute atomic E-state index is 13.6. The van der Waals surface area contributed by atoms with Crippen molar-refractivity contribution in [1.82, 2.24) is 9.47 Å². The van der Waals surface area contributed by atoms with Gasteiger partial charge in [-0.25, -0.2) is 0 Å². The number of fused-ring (bicyclic) bond motifs is 1. The molecule has 1 aliphatic rings. The SMILES string of the molecule is COc1cc(SC)ccc1NCC#Cc1c(C)c2c(NC3CCN(C)CC3)cccc2n1CC(F)(F)F. The van der Waals surface area contributed by atoms with E-state index in [1.54, 1.807) is 24.9 Å². The molecule has 0 spiro atoms. The maximum Gasteiger partial charge on any atom is 0.406 e. The van der Waals surface area contributed by atoms with Crippen LogP contribution >= 0.6 is 11.8 Å². The zero-order valence-corrected chi connectivity index (χ0v) is 22.4. The molecule has 0 saturated carbocycles. The molecule has 0 bridgehead atoms. The second-order valence-electron chi connectivity index (χ2n) is 9.32. The van der Waals surface area contributed by atoms with Crippen molar-refractivity contribution < 1.29 is 17.9 Å². The minimum Gasteiger partial charge on any atom is -0.495 e. The second kappa shape index (κ2) is 11.6. The molecule has 1 aliphatic heterocycles. The monoisotopic (exact) mass is 530 g/mol. The predicted octanol–water partition coefficient (Wildman–Crippen LogP) is 6.21. The van der Waals surface area contributed by atoms with Gasteiger partial charge in [0.15, 0.2) is 0 Å². The van der Waals surface area contributed by atoms with Crippen LogP contribution in [0.5, 0.6) is 5.75 Å². The number of hydrogen-bond acceptors (Lipinski definition) is 5. The average Bonchev–Trinajstić information content (AvgIpc) is 3.13. The molecule has 2 heterocycles. The van der Waals surface area contributed by atoms with Gasteiger partial charge in [-0.05, 0) is 88.0 Å². The van der Waals surface area contributed by atoms with E-state index in [2.05, 4.69) is 34.4 Å². The summed E-state index contributed by atoms with van der Waals surface area (Å²) in [5.41, 5.74) is 3.33. The van der Waals surface area contributed by atoms with E-state index >= 15 is 0 Å². The number of thioether (sulfide) groups is 1. The van der Waals surface area contributed by atoms with Gasteiger partial charge in [-0.15, -0.1) is 11.8 Å². The number of anilines is 2. The second-order valence-corrected chi connectivity index (χ2v) is 10.2. The van der Waals surface area contributed by atoms with E-state index in [0.717, 1.165) is 53.2 Å². The van der Waals surface area contributed by atoms with Crippen LogP contribution in [-0.2, 0) is 6.54 Å². The number of halogens is 3. The van der Waals surface area contributed by atoms with Gasteiger partial charge < -0.3 is 24.8 Å². The van der Waals surface area contributed by atoms with Crippen LogP contribution in [0.25, 0.3) is 10.9 Å². The summed E-state index contributed by atoms with van der Waals surface area (Å²) in [7, 11) is 3.71. The molecule has 0 unspecified atom stereocenters. The number of aromatic nitrogens is 1. The minimum absolute atomic E-state index is 0.267. The molecule has 0 atom stereocenters. The van der Waals surface area contributed by atoms with Crippen LogP contribution in [-0.4, -0.2) is 61.7 Å². The van der Waals surface area contributed by atoms with Crippen LogP contribution in [0.15, 0.2) is 41.3 Å². The first-order valence-electron chi connectivity index (χ1n) is 12.3. The van der Waals surface area contributed by atoms with E-state index in [1.165, 1.54) is 4.57 Å². The van der Waals surface area contributed by atoms with Crippen LogP contribution in [0.4, 0.5) is 24.5 Å². The Labute approximate surface area is 220 Å². The number of nitrogens with zero attached hydrogens (tertiary/aromatic N) is 2. The Bertz CT molecular complexity index is 1300. The highest BCUT2D eigenvalue weighted by molar-refractivity contribution is 7.98. The molecule has 1 aromatic heterocycles. The van der Waals surface area contributed by atoms with Gasteiger partial charge in [0.25, 0.3) is 0 Å². The minimum atomic E-state index is -4.36. The molecular formula is C28H33F3N4OS. The molecule has 5 nitrogen and oxygen atoms in total. The van der Waals surface area contributed by atoms with E-state index in [1.807, 2.05) is 43.5 Å². The Morgan fingerprint density at radius 3 is 2.57 bits per heavy atom. The van der Waals surface area contributed by atoms with E-state index in [9.17, 15) is 13.2 Å². The molecule has 0 amide bonds. The number of alkyl halides is 3. The highest BCUT2D eigenvalue weighted by Gasteiger charge is 2.31. The first-order valence-corrected chi connectivity index (χ1v) is 13.5. The number of piperidine rings is 1. The normalized spacial score (nSPS) is 14.9. The van der Waals surface area contributed by atoms with Gasteiger partial charge in [-0.2, -0.15) is 13.2 Å². The Balaban J connectivity index is 1.64. The molecule has 2 N–H and O–H groups in total. The van der Waals surface area contributed by atoms with Gasteiger partial charge >= 0.3 is 6.18 Å². The Hall–Kier alpha value is -2.96. The Morgan fingerprint density at radius 1 is 1.14 bits per heavy atom. The van der Waals surface area contributed by atoms with Gasteiger partial charge in [0.1, 0.15) is 12.3 Å². The molecule has 1 saturated heterocycles. The summed E-state index contributed by atoms with van der Waals surface area (Å²) < 4.78 is 47.6. The van der Waals surface area contributed by atoms with Crippen molar-refractivity contribution in [2.75, 3.05) is 50.7 Å². The topological polar surface area (TPSA) is 41.5 Å². The first kappa shape index (κ1) is 27.1. The molecule has 37 heavy (non-hydrogen) atoms. The van der Waals surface area contributed by atoms with E-state index in [-0.39, 0.29) is 6.54 Å². The molecular weight excluding hydrogens is 497 g/mol. The van der Waals surface area contributed by atoms with Crippen molar-refractivity contribution in [2.45, 2.75) is 43.4 Å². The molecule has 198 valence electrons. The van der Waals surface area contributed by atoms with Crippen molar-refractivity contribution in [1.29, 1.82) is 0 Å². The van der Waals surface area contributed by atoms with Crippen LogP contribution < -0.4 is 15.4 Å². The lowest BCUT2D eigenvalue weighted by molar-refractivity contribution is -0.140. The molecule has 1 fully saturated rings. The van der Waals surface area contributed by atoms with E-state index < -0.39 is 12.7 Å². The highest BCUT2D eigenvalue weighted by Crippen LogP contribution is 2.35. The number of rotatable bonds is 7. The summed E-state index contributed by atoms with van der Waals surface area (Å²) in [5, 5.41) is 7.63. The Morgan fingerprint density at radius 2 is 1.89 bits per heavy atom. The van der Waals surface area contributed by atoms with E-state index in [4.69, 9.17) is 4.74 Å². The fourth-order valence-electron chi connectivity index (χ4n) is 4.81. The summed E-state index contributed by atoms with van der Waals surface area (Å²) >= 11 is 1.62. The van der Waals surface area contributed by atoms with Gasteiger partial charge in [0, 0.05) is 22.0 Å². The summed E-state index contributed by atoms with van der Waals surface area (Å²) in [5.74, 6) is 6.75. The summed E-state index contributed by atoms with van der Waals surface area (Å²) in [4.78, 5) is 3.36. The lowest BCUT2D eigenvalue weighted by Crippen LogP contribution is -2.36. The number of benzene rings is 2. The molecule has 2 aromatic carbocycles. The highest BCUT2D eigenvalue weighted by atomic mass is 32.2.